The summed E-state index contributed by atoms with van der Waals surface area (Å²) in [4.78, 5) is 23.8. The van der Waals surface area contributed by atoms with E-state index in [2.05, 4.69) is 5.32 Å². The van der Waals surface area contributed by atoms with E-state index in [4.69, 9.17) is 4.74 Å². The molecule has 0 saturated heterocycles. The van der Waals surface area contributed by atoms with Crippen LogP contribution >= 0.6 is 0 Å². The molecular weight excluding hydrogens is 344 g/mol. The van der Waals surface area contributed by atoms with Crippen LogP contribution in [0.5, 0.6) is 5.75 Å². The Bertz CT molecular complexity index is 876. The monoisotopic (exact) mass is 362 g/mol. The molecular formula is C17H18N2O5S. The molecule has 2 aromatic rings. The number of para-hydroxylation sites is 1. The number of sulfonamides is 1. The van der Waals surface area contributed by atoms with E-state index >= 15 is 0 Å². The molecule has 7 nitrogen and oxygen atoms in total. The number of ether oxygens (including phenoxy) is 1. The van der Waals surface area contributed by atoms with Gasteiger partial charge in [-0.1, -0.05) is 12.1 Å². The quantitative estimate of drug-likeness (QED) is 0.812. The van der Waals surface area contributed by atoms with E-state index in [9.17, 15) is 18.0 Å². The highest BCUT2D eigenvalue weighted by Crippen LogP contribution is 2.18. The lowest BCUT2D eigenvalue weighted by Crippen LogP contribution is -2.31. The van der Waals surface area contributed by atoms with Crippen molar-refractivity contribution in [2.75, 3.05) is 13.7 Å². The van der Waals surface area contributed by atoms with Crippen LogP contribution in [0.4, 0.5) is 0 Å². The molecule has 0 aliphatic heterocycles. The molecule has 0 aromatic heterocycles. The summed E-state index contributed by atoms with van der Waals surface area (Å²) in [5, 5.41) is 2.61. The van der Waals surface area contributed by atoms with E-state index in [0.29, 0.717) is 12.1 Å². The van der Waals surface area contributed by atoms with Gasteiger partial charge in [-0.15, -0.1) is 0 Å². The number of rotatable bonds is 6. The smallest absolute Gasteiger partial charge is 0.268 e. The predicted molar refractivity (Wildman–Crippen MR) is 92.1 cm³/mol. The Hall–Kier alpha value is -2.87. The summed E-state index contributed by atoms with van der Waals surface area (Å²) < 4.78 is 31.7. The Balaban J connectivity index is 2.21. The molecule has 0 fully saturated rings. The van der Waals surface area contributed by atoms with E-state index in [1.54, 1.807) is 25.1 Å². The predicted octanol–water partition coefficient (Wildman–Crippen LogP) is 1.56. The molecule has 2 rings (SSSR count). The third-order valence-corrected chi connectivity index (χ3v) is 4.69. The molecule has 0 bridgehead atoms. The molecule has 8 heteroatoms. The van der Waals surface area contributed by atoms with Gasteiger partial charge in [-0.25, -0.2) is 13.1 Å². The van der Waals surface area contributed by atoms with Gasteiger partial charge in [-0.3, -0.25) is 9.59 Å². The fraction of sp³-hybridized carbons (Fsp3) is 0.176. The second-order valence-corrected chi connectivity index (χ2v) is 6.70. The molecule has 2 aromatic carbocycles. The van der Waals surface area contributed by atoms with Crippen molar-refractivity contribution in [3.05, 3.63) is 59.7 Å². The molecule has 0 heterocycles. The molecule has 0 unspecified atom stereocenters. The normalized spacial score (nSPS) is 10.8. The van der Waals surface area contributed by atoms with Crippen LogP contribution < -0.4 is 14.8 Å². The second kappa shape index (κ2) is 7.80. The number of carbonyl (C=O) groups excluding carboxylic acids is 2. The van der Waals surface area contributed by atoms with Crippen LogP contribution in [-0.4, -0.2) is 33.9 Å². The average Bonchev–Trinajstić information content (AvgIpc) is 2.61. The van der Waals surface area contributed by atoms with Gasteiger partial charge in [-0.05, 0) is 43.3 Å². The van der Waals surface area contributed by atoms with Gasteiger partial charge in [0.15, 0.2) is 0 Å². The van der Waals surface area contributed by atoms with Crippen LogP contribution in [0.3, 0.4) is 0 Å². The Kier molecular flexibility index (Phi) is 5.76. The van der Waals surface area contributed by atoms with Gasteiger partial charge < -0.3 is 10.1 Å². The molecule has 0 radical (unpaired) electrons. The summed E-state index contributed by atoms with van der Waals surface area (Å²) in [6.07, 6.45) is 0. The Morgan fingerprint density at radius 3 is 2.24 bits per heavy atom. The van der Waals surface area contributed by atoms with Gasteiger partial charge in [-0.2, -0.15) is 0 Å². The van der Waals surface area contributed by atoms with Crippen LogP contribution in [0.1, 0.15) is 27.6 Å². The number of amides is 2. The lowest BCUT2D eigenvalue weighted by molar-refractivity contribution is 0.0952. The summed E-state index contributed by atoms with van der Waals surface area (Å²) in [5.74, 6) is -0.837. The van der Waals surface area contributed by atoms with Crippen molar-refractivity contribution in [3.8, 4) is 5.75 Å². The SMILES string of the molecule is CCNC(=O)c1ccc(S(=O)(=O)NC(=O)c2ccccc2OC)cc1. The molecule has 0 aliphatic carbocycles. The maximum Gasteiger partial charge on any atom is 0.268 e. The van der Waals surface area contributed by atoms with Gasteiger partial charge in [0.05, 0.1) is 17.6 Å². The molecule has 2 amide bonds. The highest BCUT2D eigenvalue weighted by atomic mass is 32.2. The van der Waals surface area contributed by atoms with Crippen LogP contribution in [0, 0.1) is 0 Å². The highest BCUT2D eigenvalue weighted by Gasteiger charge is 2.21. The maximum absolute atomic E-state index is 12.3. The van der Waals surface area contributed by atoms with Crippen molar-refractivity contribution in [3.63, 3.8) is 0 Å². The standard InChI is InChI=1S/C17H18N2O5S/c1-3-18-16(20)12-8-10-13(11-9-12)25(22,23)19-17(21)14-6-4-5-7-15(14)24-2/h4-11H,3H2,1-2H3,(H,18,20)(H,19,21). The molecule has 0 saturated carbocycles. The Morgan fingerprint density at radius 1 is 1.00 bits per heavy atom. The molecule has 0 spiro atoms. The first-order chi connectivity index (χ1) is 11.9. The van der Waals surface area contributed by atoms with Crippen molar-refractivity contribution in [2.45, 2.75) is 11.8 Å². The number of benzene rings is 2. The van der Waals surface area contributed by atoms with Crippen molar-refractivity contribution in [1.82, 2.24) is 10.0 Å². The summed E-state index contributed by atoms with van der Waals surface area (Å²) in [7, 11) is -2.68. The Morgan fingerprint density at radius 2 is 1.64 bits per heavy atom. The van der Waals surface area contributed by atoms with E-state index in [1.165, 1.54) is 37.4 Å². The van der Waals surface area contributed by atoms with Crippen LogP contribution in [-0.2, 0) is 10.0 Å². The highest BCUT2D eigenvalue weighted by molar-refractivity contribution is 7.90. The fourth-order valence-electron chi connectivity index (χ4n) is 2.12. The summed E-state index contributed by atoms with van der Waals surface area (Å²) in [5.41, 5.74) is 0.435. The molecule has 0 atom stereocenters. The number of hydrogen-bond acceptors (Lipinski definition) is 5. The second-order valence-electron chi connectivity index (χ2n) is 5.02. The minimum absolute atomic E-state index is 0.104. The molecule has 132 valence electrons. The van der Waals surface area contributed by atoms with Gasteiger partial charge >= 0.3 is 0 Å². The lowest BCUT2D eigenvalue weighted by atomic mass is 10.2. The third-order valence-electron chi connectivity index (χ3n) is 3.34. The van der Waals surface area contributed by atoms with Gasteiger partial charge in [0, 0.05) is 12.1 Å². The zero-order chi connectivity index (χ0) is 18.4. The van der Waals surface area contributed by atoms with Crippen LogP contribution in [0.25, 0.3) is 0 Å². The van der Waals surface area contributed by atoms with Crippen LogP contribution in [0.2, 0.25) is 0 Å². The first kappa shape index (κ1) is 18.5. The topological polar surface area (TPSA) is 102 Å². The largest absolute Gasteiger partial charge is 0.496 e. The maximum atomic E-state index is 12.3. The molecule has 25 heavy (non-hydrogen) atoms. The van der Waals surface area contributed by atoms with E-state index in [1.807, 2.05) is 4.72 Å². The zero-order valence-corrected chi connectivity index (χ0v) is 14.6. The van der Waals surface area contributed by atoms with E-state index in [-0.39, 0.29) is 22.1 Å². The van der Waals surface area contributed by atoms with Crippen molar-refractivity contribution < 1.29 is 22.7 Å². The third kappa shape index (κ3) is 4.36. The summed E-state index contributed by atoms with van der Waals surface area (Å²) in [6.45, 7) is 2.25. The van der Waals surface area contributed by atoms with E-state index in [0.717, 1.165) is 0 Å². The molecule has 0 aliphatic rings. The van der Waals surface area contributed by atoms with Crippen molar-refractivity contribution in [1.29, 1.82) is 0 Å². The summed E-state index contributed by atoms with van der Waals surface area (Å²) >= 11 is 0. The Labute approximate surface area is 146 Å². The average molecular weight is 362 g/mol. The molecule has 2 N–H and O–H groups in total. The van der Waals surface area contributed by atoms with Gasteiger partial charge in [0.2, 0.25) is 0 Å². The summed E-state index contributed by atoms with van der Waals surface area (Å²) in [6, 6.07) is 11.6. The van der Waals surface area contributed by atoms with Crippen molar-refractivity contribution >= 4 is 21.8 Å². The lowest BCUT2D eigenvalue weighted by Gasteiger charge is -2.10. The number of hydrogen-bond donors (Lipinski definition) is 2. The van der Waals surface area contributed by atoms with Crippen LogP contribution in [0.15, 0.2) is 53.4 Å². The number of methoxy groups -OCH3 is 1. The van der Waals surface area contributed by atoms with Gasteiger partial charge in [0.25, 0.3) is 21.8 Å². The minimum Gasteiger partial charge on any atom is -0.496 e. The van der Waals surface area contributed by atoms with E-state index < -0.39 is 15.9 Å². The number of nitrogens with one attached hydrogen (secondary N) is 2. The van der Waals surface area contributed by atoms with Crippen molar-refractivity contribution in [2.24, 2.45) is 0 Å². The fourth-order valence-corrected chi connectivity index (χ4v) is 3.08. The zero-order valence-electron chi connectivity index (χ0n) is 13.8. The number of carbonyl (C=O) groups is 2. The minimum atomic E-state index is -4.07. The first-order valence-corrected chi connectivity index (χ1v) is 8.95. The first-order valence-electron chi connectivity index (χ1n) is 7.47. The van der Waals surface area contributed by atoms with Gasteiger partial charge in [0.1, 0.15) is 5.75 Å².